The minimum absolute atomic E-state index is 0.766. The van der Waals surface area contributed by atoms with Crippen molar-refractivity contribution in [2.24, 2.45) is 0 Å². The molecule has 0 aliphatic rings. The third-order valence-corrected chi connectivity index (χ3v) is 2.28. The molecule has 3 aromatic heterocycles. The molecule has 0 saturated heterocycles. The summed E-state index contributed by atoms with van der Waals surface area (Å²) in [5.74, 6) is 0. The van der Waals surface area contributed by atoms with Gasteiger partial charge in [-0.3, -0.25) is 5.10 Å². The van der Waals surface area contributed by atoms with Gasteiger partial charge in [0.15, 0.2) is 5.65 Å². The number of H-pyrrole nitrogens is 1. The van der Waals surface area contributed by atoms with E-state index in [1.54, 1.807) is 12.4 Å². The third kappa shape index (κ3) is 0.907. The van der Waals surface area contributed by atoms with Gasteiger partial charge in [-0.2, -0.15) is 5.10 Å². The van der Waals surface area contributed by atoms with Crippen LogP contribution in [0.4, 0.5) is 0 Å². The van der Waals surface area contributed by atoms with Crippen molar-refractivity contribution in [3.63, 3.8) is 0 Å². The molecule has 4 nitrogen and oxygen atoms in total. The number of rotatable bonds is 0. The van der Waals surface area contributed by atoms with Gasteiger partial charge in [0.05, 0.1) is 11.7 Å². The summed E-state index contributed by atoms with van der Waals surface area (Å²) in [6.45, 7) is 1.96. The van der Waals surface area contributed by atoms with E-state index in [0.717, 1.165) is 27.6 Å². The van der Waals surface area contributed by atoms with Crippen LogP contribution in [0.1, 0.15) is 5.69 Å². The number of fused-ring (bicyclic) bond motifs is 3. The molecule has 3 heterocycles. The predicted octanol–water partition coefficient (Wildman–Crippen LogP) is 1.81. The molecule has 4 heteroatoms. The Morgan fingerprint density at radius 1 is 1.21 bits per heavy atom. The number of nitrogens with one attached hydrogen (secondary N) is 1. The molecule has 0 aromatic carbocycles. The Hall–Kier alpha value is -1.97. The lowest BCUT2D eigenvalue weighted by Gasteiger charge is -1.98. The monoisotopic (exact) mass is 184 g/mol. The van der Waals surface area contributed by atoms with E-state index in [2.05, 4.69) is 20.2 Å². The summed E-state index contributed by atoms with van der Waals surface area (Å²) in [4.78, 5) is 8.62. The molecule has 0 radical (unpaired) electrons. The summed E-state index contributed by atoms with van der Waals surface area (Å²) in [6, 6.07) is 4.00. The van der Waals surface area contributed by atoms with Gasteiger partial charge in [0.2, 0.25) is 0 Å². The van der Waals surface area contributed by atoms with Crippen molar-refractivity contribution >= 4 is 21.9 Å². The second-order valence-electron chi connectivity index (χ2n) is 3.28. The number of aromatic nitrogens is 4. The predicted molar refractivity (Wildman–Crippen MR) is 53.9 cm³/mol. The van der Waals surface area contributed by atoms with Crippen molar-refractivity contribution in [1.82, 2.24) is 20.2 Å². The van der Waals surface area contributed by atoms with Gasteiger partial charge in [-0.15, -0.1) is 0 Å². The van der Waals surface area contributed by atoms with Crippen LogP contribution in [0.25, 0.3) is 21.9 Å². The number of pyridine rings is 2. The summed E-state index contributed by atoms with van der Waals surface area (Å²) >= 11 is 0. The van der Waals surface area contributed by atoms with Gasteiger partial charge in [0.25, 0.3) is 0 Å². The zero-order chi connectivity index (χ0) is 9.54. The highest BCUT2D eigenvalue weighted by molar-refractivity contribution is 6.01. The first-order valence-corrected chi connectivity index (χ1v) is 4.40. The molecular weight excluding hydrogens is 176 g/mol. The van der Waals surface area contributed by atoms with Crippen LogP contribution >= 0.6 is 0 Å². The summed E-state index contributed by atoms with van der Waals surface area (Å²) in [6.07, 6.45) is 3.55. The molecule has 0 atom stereocenters. The minimum atomic E-state index is 0.766. The number of nitrogens with zero attached hydrogens (tertiary/aromatic N) is 3. The second-order valence-corrected chi connectivity index (χ2v) is 3.28. The van der Waals surface area contributed by atoms with Crippen LogP contribution in [0, 0.1) is 6.92 Å². The topological polar surface area (TPSA) is 54.5 Å². The van der Waals surface area contributed by atoms with Gasteiger partial charge in [0, 0.05) is 22.7 Å². The van der Waals surface area contributed by atoms with Crippen LogP contribution in [0.15, 0.2) is 24.5 Å². The molecule has 3 aromatic rings. The molecule has 1 N–H and O–H groups in total. The fraction of sp³-hybridized carbons (Fsp3) is 0.100. The maximum atomic E-state index is 4.35. The Kier molecular flexibility index (Phi) is 1.33. The molecule has 0 fully saturated rings. The molecule has 0 saturated carbocycles. The smallest absolute Gasteiger partial charge is 0.161 e. The van der Waals surface area contributed by atoms with E-state index < -0.39 is 0 Å². The van der Waals surface area contributed by atoms with Crippen LogP contribution in [-0.4, -0.2) is 20.2 Å². The zero-order valence-corrected chi connectivity index (χ0v) is 7.65. The first-order valence-electron chi connectivity index (χ1n) is 4.40. The van der Waals surface area contributed by atoms with E-state index in [-0.39, 0.29) is 0 Å². The van der Waals surface area contributed by atoms with Crippen molar-refractivity contribution in [2.75, 3.05) is 0 Å². The van der Waals surface area contributed by atoms with E-state index in [1.165, 1.54) is 0 Å². The Labute approximate surface area is 80.0 Å². The summed E-state index contributed by atoms with van der Waals surface area (Å²) < 4.78 is 0. The molecule has 0 spiro atoms. The quantitative estimate of drug-likeness (QED) is 0.579. The van der Waals surface area contributed by atoms with Crippen molar-refractivity contribution in [3.05, 3.63) is 30.2 Å². The van der Waals surface area contributed by atoms with Crippen molar-refractivity contribution in [2.45, 2.75) is 6.92 Å². The number of aromatic amines is 1. The molecule has 3 rings (SSSR count). The normalized spacial score (nSPS) is 11.2. The molecule has 68 valence electrons. The van der Waals surface area contributed by atoms with Crippen LogP contribution in [0.5, 0.6) is 0 Å². The summed E-state index contributed by atoms with van der Waals surface area (Å²) in [5, 5.41) is 8.97. The van der Waals surface area contributed by atoms with Crippen LogP contribution in [-0.2, 0) is 0 Å². The maximum Gasteiger partial charge on any atom is 0.161 e. The zero-order valence-electron chi connectivity index (χ0n) is 7.65. The molecule has 14 heavy (non-hydrogen) atoms. The van der Waals surface area contributed by atoms with E-state index in [0.29, 0.717) is 0 Å². The third-order valence-electron chi connectivity index (χ3n) is 2.28. The highest BCUT2D eigenvalue weighted by Crippen LogP contribution is 2.19. The fourth-order valence-electron chi connectivity index (χ4n) is 1.58. The molecule has 0 unspecified atom stereocenters. The van der Waals surface area contributed by atoms with E-state index in [4.69, 9.17) is 0 Å². The molecule has 0 amide bonds. The Balaban J connectivity index is 2.57. The largest absolute Gasteiger partial charge is 0.277 e. The average molecular weight is 184 g/mol. The van der Waals surface area contributed by atoms with Gasteiger partial charge in [0.1, 0.15) is 0 Å². The van der Waals surface area contributed by atoms with Crippen molar-refractivity contribution in [1.29, 1.82) is 0 Å². The SMILES string of the molecule is Cc1ccc2c(ncc3cn[nH]c32)n1. The van der Waals surface area contributed by atoms with Gasteiger partial charge in [-0.1, -0.05) is 0 Å². The van der Waals surface area contributed by atoms with Gasteiger partial charge < -0.3 is 0 Å². The lowest BCUT2D eigenvalue weighted by atomic mass is 10.2. The van der Waals surface area contributed by atoms with E-state index in [9.17, 15) is 0 Å². The lowest BCUT2D eigenvalue weighted by Crippen LogP contribution is -1.87. The standard InChI is InChI=1S/C10H8N4/c1-6-2-3-8-9-7(5-12-14-9)4-11-10(8)13-6/h2-5H,1H3,(H,12,14). The molecule has 0 bridgehead atoms. The van der Waals surface area contributed by atoms with Gasteiger partial charge >= 0.3 is 0 Å². The Morgan fingerprint density at radius 2 is 2.14 bits per heavy atom. The second kappa shape index (κ2) is 2.51. The van der Waals surface area contributed by atoms with Gasteiger partial charge in [-0.25, -0.2) is 9.97 Å². The van der Waals surface area contributed by atoms with Crippen LogP contribution in [0.3, 0.4) is 0 Å². The number of hydrogen-bond acceptors (Lipinski definition) is 3. The van der Waals surface area contributed by atoms with E-state index in [1.807, 2.05) is 19.1 Å². The van der Waals surface area contributed by atoms with Crippen LogP contribution < -0.4 is 0 Å². The maximum absolute atomic E-state index is 4.35. The highest BCUT2D eigenvalue weighted by atomic mass is 15.1. The minimum Gasteiger partial charge on any atom is -0.277 e. The molecule has 0 aliphatic carbocycles. The summed E-state index contributed by atoms with van der Waals surface area (Å²) in [5.41, 5.74) is 2.74. The van der Waals surface area contributed by atoms with Crippen molar-refractivity contribution in [3.8, 4) is 0 Å². The Morgan fingerprint density at radius 3 is 3.07 bits per heavy atom. The number of aryl methyl sites for hydroxylation is 1. The average Bonchev–Trinajstić information content (AvgIpc) is 2.65. The fourth-order valence-corrected chi connectivity index (χ4v) is 1.58. The van der Waals surface area contributed by atoms with E-state index >= 15 is 0 Å². The first kappa shape index (κ1) is 7.44. The number of hydrogen-bond donors (Lipinski definition) is 1. The summed E-state index contributed by atoms with van der Waals surface area (Å²) in [7, 11) is 0. The van der Waals surface area contributed by atoms with Gasteiger partial charge in [-0.05, 0) is 19.1 Å². The molecular formula is C10H8N4. The highest BCUT2D eigenvalue weighted by Gasteiger charge is 2.03. The Bertz CT molecular complexity index is 612. The lowest BCUT2D eigenvalue weighted by molar-refractivity contribution is 1.12. The molecule has 0 aliphatic heterocycles. The van der Waals surface area contributed by atoms with Crippen LogP contribution in [0.2, 0.25) is 0 Å². The van der Waals surface area contributed by atoms with Crippen molar-refractivity contribution < 1.29 is 0 Å². The first-order chi connectivity index (χ1) is 6.84.